The van der Waals surface area contributed by atoms with E-state index in [-0.39, 0.29) is 31.6 Å². The van der Waals surface area contributed by atoms with Gasteiger partial charge in [-0.1, -0.05) is 48.3 Å². The summed E-state index contributed by atoms with van der Waals surface area (Å²) in [4.78, 5) is 18.4. The van der Waals surface area contributed by atoms with Crippen molar-refractivity contribution in [3.8, 4) is 16.9 Å². The maximum absolute atomic E-state index is 12.5. The fourth-order valence-corrected chi connectivity index (χ4v) is 6.48. The highest BCUT2D eigenvalue weighted by Gasteiger charge is 2.48. The predicted octanol–water partition coefficient (Wildman–Crippen LogP) is 4.80. The Labute approximate surface area is 297 Å². The Balaban J connectivity index is 1.18. The summed E-state index contributed by atoms with van der Waals surface area (Å²) in [5.41, 5.74) is 4.27. The van der Waals surface area contributed by atoms with Crippen molar-refractivity contribution in [1.29, 1.82) is 0 Å². The van der Waals surface area contributed by atoms with Gasteiger partial charge in [0.25, 0.3) is 0 Å². The number of aliphatic hydroxyl groups excluding tert-OH is 5. The third-order valence-electron chi connectivity index (χ3n) is 9.24. The first-order chi connectivity index (χ1) is 23.6. The van der Waals surface area contributed by atoms with Crippen molar-refractivity contribution < 1.29 is 39.8 Å². The minimum absolute atomic E-state index is 0.196. The smallest absolute Gasteiger partial charge is 0.222 e. The van der Waals surface area contributed by atoms with Crippen LogP contribution in [-0.4, -0.2) is 91.5 Å². The highest BCUT2D eigenvalue weighted by molar-refractivity contribution is 6.34. The molecule has 1 amide bonds. The second-order valence-electron chi connectivity index (χ2n) is 13.0. The summed E-state index contributed by atoms with van der Waals surface area (Å²) >= 11 is 13.5. The number of ether oxygens (including phenoxy) is 2. The zero-order valence-electron chi connectivity index (χ0n) is 27.7. The molecule has 0 spiro atoms. The van der Waals surface area contributed by atoms with Crippen molar-refractivity contribution in [2.24, 2.45) is 0 Å². The molecule has 3 aromatic rings. The van der Waals surface area contributed by atoms with E-state index < -0.39 is 36.6 Å². The molecule has 0 radical (unpaired) electrons. The lowest BCUT2D eigenvalue weighted by molar-refractivity contribution is -0.139. The van der Waals surface area contributed by atoms with E-state index in [1.54, 1.807) is 13.1 Å². The highest BCUT2D eigenvalue weighted by atomic mass is 35.5. The third kappa shape index (κ3) is 9.51. The van der Waals surface area contributed by atoms with Gasteiger partial charge < -0.3 is 39.9 Å². The van der Waals surface area contributed by atoms with Crippen molar-refractivity contribution in [2.45, 2.75) is 101 Å². The molecule has 12 heteroatoms. The quantitative estimate of drug-likeness (QED) is 0.110. The molecule has 2 aromatic carbocycles. The minimum Gasteiger partial charge on any atom is -0.490 e. The topological polar surface area (TPSA) is 153 Å². The van der Waals surface area contributed by atoms with Gasteiger partial charge >= 0.3 is 0 Å². The van der Waals surface area contributed by atoms with Gasteiger partial charge in [-0.15, -0.1) is 0 Å². The molecule has 1 aromatic heterocycles. The second kappa shape index (κ2) is 16.9. The average molecular weight is 718 g/mol. The van der Waals surface area contributed by atoms with E-state index in [1.807, 2.05) is 42.6 Å². The van der Waals surface area contributed by atoms with E-state index >= 15 is 0 Å². The molecule has 4 atom stereocenters. The lowest BCUT2D eigenvalue weighted by atomic mass is 9.96. The molecule has 5 N–H and O–H groups in total. The minimum atomic E-state index is -1.75. The number of pyridine rings is 1. The lowest BCUT2D eigenvalue weighted by Crippen LogP contribution is -2.50. The standard InChI is InChI=1S/C37H46Cl2N2O8/c1-2-34(45)41(20-31(43)35(46)36(47)32(44)21-42)16-6-5-7-23-17-30(39)24(18-29(23)38)22-48-37(13-14-37)28-19-40-15-12-26(28)27-8-3-4-9-33(27)49-25-10-11-25/h3-4,8-9,12,15,17-19,25,31-32,35-36,42-44,46-47H,2,5-7,10-11,13-14,16,20-22H2,1H3/t31-,32+,35+,36+/m0/s1. The number of carbonyl (C=O) groups excluding carboxylic acids is 1. The first-order valence-corrected chi connectivity index (χ1v) is 17.7. The zero-order valence-corrected chi connectivity index (χ0v) is 29.2. The molecule has 2 saturated carbocycles. The monoisotopic (exact) mass is 716 g/mol. The number of carbonyl (C=O) groups is 1. The Morgan fingerprint density at radius 1 is 0.980 bits per heavy atom. The van der Waals surface area contributed by atoms with Crippen LogP contribution in [0.5, 0.6) is 5.75 Å². The molecule has 0 aliphatic heterocycles. The molecule has 2 aliphatic rings. The number of rotatable bonds is 19. The van der Waals surface area contributed by atoms with Crippen LogP contribution in [0, 0.1) is 0 Å². The number of aryl methyl sites for hydroxylation is 1. The van der Waals surface area contributed by atoms with Gasteiger partial charge in [0.1, 0.15) is 30.2 Å². The molecule has 0 bridgehead atoms. The van der Waals surface area contributed by atoms with Crippen molar-refractivity contribution in [3.05, 3.63) is 81.6 Å². The van der Waals surface area contributed by atoms with Gasteiger partial charge in [-0.3, -0.25) is 9.78 Å². The van der Waals surface area contributed by atoms with Crippen LogP contribution in [0.4, 0.5) is 0 Å². The first kappa shape index (κ1) is 37.5. The Morgan fingerprint density at radius 3 is 2.37 bits per heavy atom. The highest BCUT2D eigenvalue weighted by Crippen LogP contribution is 2.53. The van der Waals surface area contributed by atoms with Gasteiger partial charge in [0, 0.05) is 53.1 Å². The zero-order chi connectivity index (χ0) is 35.1. The van der Waals surface area contributed by atoms with E-state index in [0.717, 1.165) is 59.3 Å². The van der Waals surface area contributed by atoms with Crippen molar-refractivity contribution >= 4 is 29.1 Å². The van der Waals surface area contributed by atoms with E-state index in [4.69, 9.17) is 37.8 Å². The SMILES string of the molecule is CCC(=O)N(CCCCc1cc(Cl)c(COC2(c3cnccc3-c3ccccc3OC3CC3)CC2)cc1Cl)C[C@H](O)[C@@H](O)[C@H](O)[C@H](O)CO. The maximum atomic E-state index is 12.5. The number of hydrogen-bond donors (Lipinski definition) is 5. The van der Waals surface area contributed by atoms with E-state index in [0.29, 0.717) is 35.9 Å². The van der Waals surface area contributed by atoms with Crippen LogP contribution in [0.1, 0.15) is 68.6 Å². The van der Waals surface area contributed by atoms with Crippen molar-refractivity contribution in [3.63, 3.8) is 0 Å². The fourth-order valence-electron chi connectivity index (χ4n) is 5.96. The Hall–Kier alpha value is -2.80. The van der Waals surface area contributed by atoms with Crippen LogP contribution in [-0.2, 0) is 28.2 Å². The van der Waals surface area contributed by atoms with Gasteiger partial charge in [0.15, 0.2) is 0 Å². The number of halogens is 2. The van der Waals surface area contributed by atoms with E-state index in [2.05, 4.69) is 11.1 Å². The molecule has 0 unspecified atom stereocenters. The van der Waals surface area contributed by atoms with Crippen LogP contribution in [0.2, 0.25) is 10.0 Å². The summed E-state index contributed by atoms with van der Waals surface area (Å²) in [5.74, 6) is 0.645. The molecule has 49 heavy (non-hydrogen) atoms. The van der Waals surface area contributed by atoms with E-state index in [1.165, 1.54) is 4.90 Å². The molecule has 1 heterocycles. The summed E-state index contributed by atoms with van der Waals surface area (Å²) in [6, 6.07) is 13.8. The van der Waals surface area contributed by atoms with Gasteiger partial charge in [-0.05, 0) is 85.9 Å². The fraction of sp³-hybridized carbons (Fsp3) is 0.514. The van der Waals surface area contributed by atoms with Gasteiger partial charge in [0.05, 0.1) is 24.9 Å². The van der Waals surface area contributed by atoms with Crippen LogP contribution >= 0.6 is 23.2 Å². The van der Waals surface area contributed by atoms with Crippen molar-refractivity contribution in [2.75, 3.05) is 19.7 Å². The van der Waals surface area contributed by atoms with Crippen molar-refractivity contribution in [1.82, 2.24) is 9.88 Å². The Morgan fingerprint density at radius 2 is 1.67 bits per heavy atom. The molecule has 10 nitrogen and oxygen atoms in total. The van der Waals surface area contributed by atoms with E-state index in [9.17, 15) is 25.2 Å². The number of para-hydroxylation sites is 1. The summed E-state index contributed by atoms with van der Waals surface area (Å²) in [7, 11) is 0. The number of nitrogens with zero attached hydrogens (tertiary/aromatic N) is 2. The summed E-state index contributed by atoms with van der Waals surface area (Å²) in [5, 5.41) is 50.2. The summed E-state index contributed by atoms with van der Waals surface area (Å²) in [6.07, 6.45) is 3.28. The molecule has 0 saturated heterocycles. The van der Waals surface area contributed by atoms with Crippen LogP contribution in [0.3, 0.4) is 0 Å². The third-order valence-corrected chi connectivity index (χ3v) is 9.95. The molecule has 5 rings (SSSR count). The number of benzene rings is 2. The number of hydrogen-bond acceptors (Lipinski definition) is 9. The number of unbranched alkanes of at least 4 members (excludes halogenated alkanes) is 1. The number of amides is 1. The second-order valence-corrected chi connectivity index (χ2v) is 13.8. The molecular weight excluding hydrogens is 671 g/mol. The molecule has 266 valence electrons. The van der Waals surface area contributed by atoms with Crippen LogP contribution < -0.4 is 4.74 Å². The van der Waals surface area contributed by atoms with Gasteiger partial charge in [-0.25, -0.2) is 0 Å². The summed E-state index contributed by atoms with van der Waals surface area (Å²) in [6.45, 7) is 1.27. The molecule has 2 fully saturated rings. The first-order valence-electron chi connectivity index (χ1n) is 17.0. The van der Waals surface area contributed by atoms with Gasteiger partial charge in [0.2, 0.25) is 5.91 Å². The Kier molecular flexibility index (Phi) is 12.9. The Bertz CT molecular complexity index is 1570. The number of aromatic nitrogens is 1. The molecular formula is C37H46Cl2N2O8. The molecule has 2 aliphatic carbocycles. The van der Waals surface area contributed by atoms with Crippen LogP contribution in [0.25, 0.3) is 11.1 Å². The lowest BCUT2D eigenvalue weighted by Gasteiger charge is -2.30. The largest absolute Gasteiger partial charge is 0.490 e. The normalized spacial score (nSPS) is 17.6. The van der Waals surface area contributed by atoms with Gasteiger partial charge in [-0.2, -0.15) is 0 Å². The summed E-state index contributed by atoms with van der Waals surface area (Å²) < 4.78 is 12.8. The number of aliphatic hydroxyl groups is 5. The average Bonchev–Trinajstić information content (AvgIpc) is 4.06. The van der Waals surface area contributed by atoms with Crippen LogP contribution in [0.15, 0.2) is 54.9 Å². The maximum Gasteiger partial charge on any atom is 0.222 e. The predicted molar refractivity (Wildman–Crippen MR) is 186 cm³/mol.